The molecule has 1 rings (SSSR count). The molecule has 0 aromatic carbocycles. The van der Waals surface area contributed by atoms with E-state index in [1.165, 1.54) is 77.7 Å². The molecule has 1 atom stereocenters. The van der Waals surface area contributed by atoms with Crippen molar-refractivity contribution in [3.05, 3.63) is 0 Å². The number of methoxy groups -OCH3 is 1. The van der Waals surface area contributed by atoms with E-state index in [1.807, 2.05) is 7.11 Å². The van der Waals surface area contributed by atoms with Crippen LogP contribution in [0.25, 0.3) is 0 Å². The Morgan fingerprint density at radius 1 is 1.16 bits per heavy atom. The second-order valence-corrected chi connectivity index (χ2v) is 5.93. The third-order valence-corrected chi connectivity index (χ3v) is 4.01. The molecule has 1 heterocycles. The van der Waals surface area contributed by atoms with Crippen LogP contribution in [0.5, 0.6) is 0 Å². The van der Waals surface area contributed by atoms with Gasteiger partial charge in [0.25, 0.3) is 0 Å². The summed E-state index contributed by atoms with van der Waals surface area (Å²) in [7, 11) is 1.82. The molecule has 1 N–H and O–H groups in total. The van der Waals surface area contributed by atoms with E-state index in [4.69, 9.17) is 4.74 Å². The van der Waals surface area contributed by atoms with Gasteiger partial charge in [-0.3, -0.25) is 0 Å². The van der Waals surface area contributed by atoms with Gasteiger partial charge in [-0.05, 0) is 64.2 Å². The van der Waals surface area contributed by atoms with Gasteiger partial charge in [-0.2, -0.15) is 0 Å². The Labute approximate surface area is 120 Å². The molecule has 1 unspecified atom stereocenters. The van der Waals surface area contributed by atoms with Crippen LogP contribution in [0.2, 0.25) is 0 Å². The largest absolute Gasteiger partial charge is 0.384 e. The number of nitrogens with one attached hydrogen (secondary N) is 1. The Morgan fingerprint density at radius 3 is 2.79 bits per heavy atom. The van der Waals surface area contributed by atoms with Gasteiger partial charge in [0.15, 0.2) is 0 Å². The van der Waals surface area contributed by atoms with Crippen LogP contribution < -0.4 is 5.32 Å². The van der Waals surface area contributed by atoms with E-state index in [0.29, 0.717) is 0 Å². The minimum atomic E-state index is 0.775. The normalized spacial score (nSPS) is 20.8. The van der Waals surface area contributed by atoms with Crippen LogP contribution in [-0.4, -0.2) is 51.3 Å². The fourth-order valence-electron chi connectivity index (χ4n) is 2.97. The summed E-state index contributed by atoms with van der Waals surface area (Å²) in [6, 6.07) is 0. The molecule has 114 valence electrons. The number of rotatable bonds is 11. The zero-order chi connectivity index (χ0) is 13.8. The molecule has 1 aliphatic rings. The highest BCUT2D eigenvalue weighted by Crippen LogP contribution is 2.17. The number of ether oxygens (including phenoxy) is 1. The van der Waals surface area contributed by atoms with Crippen molar-refractivity contribution in [2.45, 2.75) is 51.9 Å². The lowest BCUT2D eigenvalue weighted by atomic mass is 9.98. The van der Waals surface area contributed by atoms with E-state index in [0.717, 1.165) is 12.5 Å². The van der Waals surface area contributed by atoms with Crippen LogP contribution in [0.1, 0.15) is 51.9 Å². The minimum Gasteiger partial charge on any atom is -0.384 e. The van der Waals surface area contributed by atoms with Crippen molar-refractivity contribution in [1.82, 2.24) is 10.2 Å². The van der Waals surface area contributed by atoms with Gasteiger partial charge >= 0.3 is 0 Å². The second-order valence-electron chi connectivity index (χ2n) is 5.93. The number of unbranched alkanes of at least 4 members (excludes halogenated alkanes) is 3. The Kier molecular flexibility index (Phi) is 10.4. The summed E-state index contributed by atoms with van der Waals surface area (Å²) >= 11 is 0. The van der Waals surface area contributed by atoms with Gasteiger partial charge in [-0.25, -0.2) is 0 Å². The summed E-state index contributed by atoms with van der Waals surface area (Å²) in [5.41, 5.74) is 0. The lowest BCUT2D eigenvalue weighted by Crippen LogP contribution is -2.37. The maximum absolute atomic E-state index is 5.29. The first-order valence-electron chi connectivity index (χ1n) is 8.28. The SMILES string of the molecule is CCCNCCCCCCN1CCCC(COC)C1. The van der Waals surface area contributed by atoms with Gasteiger partial charge in [0.1, 0.15) is 0 Å². The fraction of sp³-hybridized carbons (Fsp3) is 1.00. The minimum absolute atomic E-state index is 0.775. The van der Waals surface area contributed by atoms with Gasteiger partial charge in [0, 0.05) is 13.7 Å². The van der Waals surface area contributed by atoms with Crippen molar-refractivity contribution in [3.63, 3.8) is 0 Å². The van der Waals surface area contributed by atoms with Gasteiger partial charge < -0.3 is 15.0 Å². The van der Waals surface area contributed by atoms with Crippen LogP contribution in [0.15, 0.2) is 0 Å². The van der Waals surface area contributed by atoms with Crippen molar-refractivity contribution >= 4 is 0 Å². The Balaban J connectivity index is 1.91. The molecule has 1 saturated heterocycles. The standard InChI is InChI=1S/C16H34N2O/c1-3-10-17-11-6-4-5-7-12-18-13-8-9-16(14-18)15-19-2/h16-17H,3-15H2,1-2H3. The number of nitrogens with zero attached hydrogens (tertiary/aromatic N) is 1. The Morgan fingerprint density at radius 2 is 2.00 bits per heavy atom. The monoisotopic (exact) mass is 270 g/mol. The van der Waals surface area contributed by atoms with Gasteiger partial charge in [-0.1, -0.05) is 19.8 Å². The third kappa shape index (κ3) is 8.61. The highest BCUT2D eigenvalue weighted by Gasteiger charge is 2.18. The predicted octanol–water partition coefficient (Wildman–Crippen LogP) is 2.90. The predicted molar refractivity (Wildman–Crippen MR) is 82.7 cm³/mol. The summed E-state index contributed by atoms with van der Waals surface area (Å²) < 4.78 is 5.29. The van der Waals surface area contributed by atoms with Crippen molar-refractivity contribution in [3.8, 4) is 0 Å². The van der Waals surface area contributed by atoms with E-state index in [9.17, 15) is 0 Å². The zero-order valence-corrected chi connectivity index (χ0v) is 13.1. The van der Waals surface area contributed by atoms with Gasteiger partial charge in [-0.15, -0.1) is 0 Å². The lowest BCUT2D eigenvalue weighted by molar-refractivity contribution is 0.0898. The van der Waals surface area contributed by atoms with E-state index in [1.54, 1.807) is 0 Å². The van der Waals surface area contributed by atoms with Crippen molar-refractivity contribution in [2.75, 3.05) is 46.4 Å². The number of hydrogen-bond donors (Lipinski definition) is 1. The molecule has 3 heteroatoms. The molecule has 1 fully saturated rings. The first-order chi connectivity index (χ1) is 9.36. The Hall–Kier alpha value is -0.120. The Bertz CT molecular complexity index is 197. The van der Waals surface area contributed by atoms with Gasteiger partial charge in [0.05, 0.1) is 6.61 Å². The zero-order valence-electron chi connectivity index (χ0n) is 13.1. The molecule has 0 spiro atoms. The van der Waals surface area contributed by atoms with Crippen LogP contribution >= 0.6 is 0 Å². The molecular weight excluding hydrogens is 236 g/mol. The molecular formula is C16H34N2O. The number of hydrogen-bond acceptors (Lipinski definition) is 3. The average molecular weight is 270 g/mol. The van der Waals surface area contributed by atoms with Crippen molar-refractivity contribution < 1.29 is 4.74 Å². The molecule has 0 aromatic heterocycles. The highest BCUT2D eigenvalue weighted by molar-refractivity contribution is 4.72. The lowest BCUT2D eigenvalue weighted by Gasteiger charge is -2.32. The summed E-state index contributed by atoms with van der Waals surface area (Å²) in [5.74, 6) is 0.775. The molecule has 3 nitrogen and oxygen atoms in total. The quantitative estimate of drug-likeness (QED) is 0.584. The average Bonchev–Trinajstić information content (AvgIpc) is 2.43. The van der Waals surface area contributed by atoms with Gasteiger partial charge in [0.2, 0.25) is 0 Å². The van der Waals surface area contributed by atoms with E-state index in [-0.39, 0.29) is 0 Å². The molecule has 0 amide bonds. The van der Waals surface area contributed by atoms with Crippen molar-refractivity contribution in [2.24, 2.45) is 5.92 Å². The van der Waals surface area contributed by atoms with Crippen LogP contribution in [0.3, 0.4) is 0 Å². The smallest absolute Gasteiger partial charge is 0.0502 e. The van der Waals surface area contributed by atoms with E-state index in [2.05, 4.69) is 17.1 Å². The topological polar surface area (TPSA) is 24.5 Å². The van der Waals surface area contributed by atoms with Crippen LogP contribution in [0.4, 0.5) is 0 Å². The summed E-state index contributed by atoms with van der Waals surface area (Å²) in [5, 5.41) is 3.47. The highest BCUT2D eigenvalue weighted by atomic mass is 16.5. The maximum atomic E-state index is 5.29. The molecule has 0 aromatic rings. The molecule has 1 aliphatic heterocycles. The van der Waals surface area contributed by atoms with Crippen LogP contribution in [-0.2, 0) is 4.74 Å². The second kappa shape index (κ2) is 11.7. The maximum Gasteiger partial charge on any atom is 0.0502 e. The van der Waals surface area contributed by atoms with Crippen molar-refractivity contribution in [1.29, 1.82) is 0 Å². The van der Waals surface area contributed by atoms with E-state index >= 15 is 0 Å². The molecule has 19 heavy (non-hydrogen) atoms. The number of likely N-dealkylation sites (tertiary alicyclic amines) is 1. The molecule has 0 saturated carbocycles. The first kappa shape index (κ1) is 16.9. The third-order valence-electron chi connectivity index (χ3n) is 4.01. The summed E-state index contributed by atoms with van der Waals surface area (Å²) in [6.07, 6.45) is 9.44. The fourth-order valence-corrected chi connectivity index (χ4v) is 2.97. The van der Waals surface area contributed by atoms with Crippen LogP contribution in [0, 0.1) is 5.92 Å². The van der Waals surface area contributed by atoms with E-state index < -0.39 is 0 Å². The molecule has 0 aliphatic carbocycles. The summed E-state index contributed by atoms with van der Waals surface area (Å²) in [6.45, 7) is 9.40. The molecule has 0 radical (unpaired) electrons. The first-order valence-corrected chi connectivity index (χ1v) is 8.28. The number of piperidine rings is 1. The summed E-state index contributed by atoms with van der Waals surface area (Å²) in [4.78, 5) is 2.64. The molecule has 0 bridgehead atoms.